The first-order chi connectivity index (χ1) is 7.15. The minimum atomic E-state index is -0.375. The van der Waals surface area contributed by atoms with Crippen molar-refractivity contribution >= 4 is 29.2 Å². The van der Waals surface area contributed by atoms with Gasteiger partial charge in [-0.2, -0.15) is 0 Å². The molecule has 0 bridgehead atoms. The van der Waals surface area contributed by atoms with Crippen LogP contribution in [0.4, 0.5) is 5.69 Å². The maximum absolute atomic E-state index is 10.9. The summed E-state index contributed by atoms with van der Waals surface area (Å²) in [5.41, 5.74) is 1.44. The Morgan fingerprint density at radius 1 is 1.27 bits per heavy atom. The predicted molar refractivity (Wildman–Crippen MR) is 58.4 cm³/mol. The lowest BCUT2D eigenvalue weighted by molar-refractivity contribution is -0.129. The number of carbonyl (C=O) groups excluding carboxylic acids is 1. The van der Waals surface area contributed by atoms with Crippen LogP contribution < -0.4 is 0 Å². The second kappa shape index (κ2) is 3.87. The van der Waals surface area contributed by atoms with E-state index in [0.717, 1.165) is 5.57 Å². The molecule has 2 rings (SSSR count). The summed E-state index contributed by atoms with van der Waals surface area (Å²) in [4.78, 5) is 15.1. The fraction of sp³-hybridized carbons (Fsp3) is 0.0909. The average molecular weight is 222 g/mol. The molecule has 0 spiro atoms. The van der Waals surface area contributed by atoms with Crippen molar-refractivity contribution in [2.24, 2.45) is 4.99 Å². The van der Waals surface area contributed by atoms with Gasteiger partial charge in [0, 0.05) is 16.7 Å². The molecule has 1 aliphatic rings. The van der Waals surface area contributed by atoms with E-state index in [9.17, 15) is 4.79 Å². The molecule has 0 N–H and O–H groups in total. The lowest BCUT2D eigenvalue weighted by atomic mass is 10.3. The fourth-order valence-electron chi connectivity index (χ4n) is 1.19. The van der Waals surface area contributed by atoms with E-state index < -0.39 is 0 Å². The van der Waals surface area contributed by atoms with Crippen molar-refractivity contribution in [1.29, 1.82) is 0 Å². The SMILES string of the molecule is CC1=CC(=O)OC1=Nc1ccc(Cl)cc1. The third-order valence-corrected chi connectivity index (χ3v) is 2.18. The van der Waals surface area contributed by atoms with Gasteiger partial charge in [0.15, 0.2) is 0 Å². The maximum Gasteiger partial charge on any atom is 0.337 e. The summed E-state index contributed by atoms with van der Waals surface area (Å²) >= 11 is 5.73. The topological polar surface area (TPSA) is 38.7 Å². The van der Waals surface area contributed by atoms with E-state index in [4.69, 9.17) is 16.3 Å². The average Bonchev–Trinajstić information content (AvgIpc) is 2.49. The van der Waals surface area contributed by atoms with Gasteiger partial charge in [0.1, 0.15) is 0 Å². The molecule has 3 nitrogen and oxygen atoms in total. The van der Waals surface area contributed by atoms with Crippen molar-refractivity contribution in [3.05, 3.63) is 40.9 Å². The van der Waals surface area contributed by atoms with E-state index in [1.54, 1.807) is 31.2 Å². The fourth-order valence-corrected chi connectivity index (χ4v) is 1.31. The highest BCUT2D eigenvalue weighted by Gasteiger charge is 2.17. The Morgan fingerprint density at radius 2 is 1.93 bits per heavy atom. The zero-order chi connectivity index (χ0) is 10.8. The summed E-state index contributed by atoms with van der Waals surface area (Å²) in [6.45, 7) is 1.78. The largest absolute Gasteiger partial charge is 0.404 e. The molecule has 0 aliphatic carbocycles. The molecule has 0 saturated heterocycles. The first-order valence-electron chi connectivity index (χ1n) is 4.40. The lowest BCUT2D eigenvalue weighted by Gasteiger charge is -1.98. The zero-order valence-electron chi connectivity index (χ0n) is 8.03. The Hall–Kier alpha value is -1.61. The molecule has 0 atom stereocenters. The summed E-state index contributed by atoms with van der Waals surface area (Å²) in [6, 6.07) is 6.98. The molecule has 0 saturated carbocycles. The quantitative estimate of drug-likeness (QED) is 0.684. The number of aliphatic imine (C=N–C) groups is 1. The smallest absolute Gasteiger partial charge is 0.337 e. The number of cyclic esters (lactones) is 1. The highest BCUT2D eigenvalue weighted by Crippen LogP contribution is 2.19. The zero-order valence-corrected chi connectivity index (χ0v) is 8.78. The first kappa shape index (κ1) is 9.93. The van der Waals surface area contributed by atoms with Gasteiger partial charge in [-0.05, 0) is 31.2 Å². The van der Waals surface area contributed by atoms with Crippen molar-refractivity contribution in [2.45, 2.75) is 6.92 Å². The number of benzene rings is 1. The molecule has 76 valence electrons. The second-order valence-electron chi connectivity index (χ2n) is 3.14. The number of halogens is 1. The number of esters is 1. The van der Waals surface area contributed by atoms with Crippen LogP contribution in [-0.4, -0.2) is 11.9 Å². The number of rotatable bonds is 1. The minimum Gasteiger partial charge on any atom is -0.404 e. The van der Waals surface area contributed by atoms with Crippen LogP contribution in [0.3, 0.4) is 0 Å². The van der Waals surface area contributed by atoms with Gasteiger partial charge in [-0.3, -0.25) is 0 Å². The molecular weight excluding hydrogens is 214 g/mol. The number of nitrogens with zero attached hydrogens (tertiary/aromatic N) is 1. The van der Waals surface area contributed by atoms with E-state index in [-0.39, 0.29) is 5.97 Å². The second-order valence-corrected chi connectivity index (χ2v) is 3.58. The number of ether oxygens (including phenoxy) is 1. The molecule has 1 aromatic carbocycles. The number of carbonyl (C=O) groups is 1. The van der Waals surface area contributed by atoms with Crippen molar-refractivity contribution in [3.8, 4) is 0 Å². The summed E-state index contributed by atoms with van der Waals surface area (Å²) in [7, 11) is 0. The Kier molecular flexibility index (Phi) is 2.56. The van der Waals surface area contributed by atoms with Crippen LogP contribution >= 0.6 is 11.6 Å². The molecular formula is C11H8ClNO2. The summed E-state index contributed by atoms with van der Waals surface area (Å²) < 4.78 is 4.89. The Bertz CT molecular complexity index is 460. The monoisotopic (exact) mass is 221 g/mol. The van der Waals surface area contributed by atoms with Gasteiger partial charge in [0.05, 0.1) is 5.69 Å². The minimum absolute atomic E-state index is 0.349. The molecule has 1 heterocycles. The Labute approximate surface area is 92.0 Å². The van der Waals surface area contributed by atoms with Crippen molar-refractivity contribution in [1.82, 2.24) is 0 Å². The number of hydrogen-bond acceptors (Lipinski definition) is 3. The van der Waals surface area contributed by atoms with E-state index in [1.165, 1.54) is 6.08 Å². The van der Waals surface area contributed by atoms with Gasteiger partial charge in [0.2, 0.25) is 5.90 Å². The first-order valence-corrected chi connectivity index (χ1v) is 4.78. The van der Waals surface area contributed by atoms with Gasteiger partial charge in [-0.25, -0.2) is 9.79 Å². The van der Waals surface area contributed by atoms with Gasteiger partial charge in [-0.15, -0.1) is 0 Å². The van der Waals surface area contributed by atoms with Crippen LogP contribution in [0.1, 0.15) is 6.92 Å². The van der Waals surface area contributed by atoms with E-state index in [2.05, 4.69) is 4.99 Å². The van der Waals surface area contributed by atoms with E-state index in [1.807, 2.05) is 0 Å². The molecule has 1 aromatic rings. The molecule has 0 fully saturated rings. The molecule has 4 heteroatoms. The lowest BCUT2D eigenvalue weighted by Crippen LogP contribution is -2.00. The van der Waals surface area contributed by atoms with Crippen molar-refractivity contribution in [3.63, 3.8) is 0 Å². The van der Waals surface area contributed by atoms with Crippen LogP contribution in [0.2, 0.25) is 5.02 Å². The highest BCUT2D eigenvalue weighted by molar-refractivity contribution is 6.30. The molecule has 0 aromatic heterocycles. The van der Waals surface area contributed by atoms with Gasteiger partial charge < -0.3 is 4.74 Å². The van der Waals surface area contributed by atoms with Crippen LogP contribution in [0.25, 0.3) is 0 Å². The molecule has 15 heavy (non-hydrogen) atoms. The van der Waals surface area contributed by atoms with Gasteiger partial charge in [-0.1, -0.05) is 11.6 Å². The Balaban J connectivity index is 2.28. The predicted octanol–water partition coefficient (Wildman–Crippen LogP) is 2.87. The van der Waals surface area contributed by atoms with Gasteiger partial charge >= 0.3 is 5.97 Å². The maximum atomic E-state index is 10.9. The van der Waals surface area contributed by atoms with Crippen LogP contribution in [0.15, 0.2) is 40.9 Å². The molecule has 0 radical (unpaired) electrons. The summed E-state index contributed by atoms with van der Waals surface area (Å²) in [6.07, 6.45) is 1.41. The summed E-state index contributed by atoms with van der Waals surface area (Å²) in [5, 5.41) is 0.648. The number of hydrogen-bond donors (Lipinski definition) is 0. The van der Waals surface area contributed by atoms with E-state index >= 15 is 0 Å². The molecule has 0 unspecified atom stereocenters. The Morgan fingerprint density at radius 3 is 2.47 bits per heavy atom. The normalized spacial score (nSPS) is 17.9. The van der Waals surface area contributed by atoms with Crippen LogP contribution in [-0.2, 0) is 9.53 Å². The van der Waals surface area contributed by atoms with Crippen LogP contribution in [0.5, 0.6) is 0 Å². The van der Waals surface area contributed by atoms with E-state index in [0.29, 0.717) is 16.6 Å². The highest BCUT2D eigenvalue weighted by atomic mass is 35.5. The van der Waals surface area contributed by atoms with Crippen LogP contribution in [0, 0.1) is 0 Å². The third kappa shape index (κ3) is 2.25. The van der Waals surface area contributed by atoms with Gasteiger partial charge in [0.25, 0.3) is 0 Å². The molecule has 0 amide bonds. The third-order valence-electron chi connectivity index (χ3n) is 1.93. The van der Waals surface area contributed by atoms with Crippen molar-refractivity contribution in [2.75, 3.05) is 0 Å². The molecule has 1 aliphatic heterocycles. The summed E-state index contributed by atoms with van der Waals surface area (Å²) in [5.74, 6) is -0.0254. The van der Waals surface area contributed by atoms with Crippen molar-refractivity contribution < 1.29 is 9.53 Å². The standard InChI is InChI=1S/C11H8ClNO2/c1-7-6-10(14)15-11(7)13-9-4-2-8(12)3-5-9/h2-6H,1H3.